The van der Waals surface area contributed by atoms with E-state index in [1.165, 1.54) is 46.2 Å². The van der Waals surface area contributed by atoms with E-state index in [4.69, 9.17) is 0 Å². The zero-order chi connectivity index (χ0) is 39.5. The molecule has 0 bridgehead atoms. The molecule has 0 nitrogen and oxygen atoms in total. The van der Waals surface area contributed by atoms with E-state index in [1.54, 1.807) is 26.3 Å². The lowest BCUT2D eigenvalue weighted by molar-refractivity contribution is 0.569. The van der Waals surface area contributed by atoms with E-state index in [-0.39, 0.29) is 32.5 Å². The Morgan fingerprint density at radius 3 is 0.923 bits per heavy atom. The molecule has 0 spiro atoms. The molecule has 284 valence electrons. The predicted octanol–water partition coefficient (Wildman–Crippen LogP) is 12.9. The summed E-state index contributed by atoms with van der Waals surface area (Å²) in [5.74, 6) is 0. The summed E-state index contributed by atoms with van der Waals surface area (Å²) in [5.41, 5.74) is 10.3. The van der Waals surface area contributed by atoms with Crippen LogP contribution in [0.25, 0.3) is 0 Å². The first-order valence-corrected chi connectivity index (χ1v) is 22.4. The average molecular weight is 717 g/mol. The van der Waals surface area contributed by atoms with Crippen LogP contribution in [0, 0.1) is 0 Å². The number of allylic oxidation sites excluding steroid dienone is 4. The van der Waals surface area contributed by atoms with Crippen LogP contribution >= 0.6 is 0 Å². The van der Waals surface area contributed by atoms with Gasteiger partial charge in [-0.05, 0) is 101 Å². The fourth-order valence-electron chi connectivity index (χ4n) is 7.70. The summed E-state index contributed by atoms with van der Waals surface area (Å²) in [6.45, 7) is 45.6. The SMILES string of the molecule is CCCCC1=C([Si](c2cc(C(C)(C)C)cc(C(C)(C)C)c2)(c2cc(C(C)(C)C)cc(C(C)(C)C)c2)c2cc(C(C)(C)C)cc(C(C)(C)C)c2)CC=C1. The third-order valence-electron chi connectivity index (χ3n) is 11.6. The van der Waals surface area contributed by atoms with Gasteiger partial charge >= 0.3 is 0 Å². The molecule has 0 aliphatic heterocycles. The second-order valence-corrected chi connectivity index (χ2v) is 26.2. The van der Waals surface area contributed by atoms with Crippen molar-refractivity contribution in [1.82, 2.24) is 0 Å². The van der Waals surface area contributed by atoms with Crippen LogP contribution in [0.4, 0.5) is 0 Å². The summed E-state index contributed by atoms with van der Waals surface area (Å²) in [4.78, 5) is 0. The monoisotopic (exact) mass is 717 g/mol. The van der Waals surface area contributed by atoms with Crippen molar-refractivity contribution in [3.8, 4) is 0 Å². The molecular weight excluding hydrogens is 641 g/mol. The van der Waals surface area contributed by atoms with Crippen LogP contribution in [-0.2, 0) is 32.5 Å². The van der Waals surface area contributed by atoms with Gasteiger partial charge in [0.15, 0.2) is 8.07 Å². The van der Waals surface area contributed by atoms with Gasteiger partial charge in [-0.25, -0.2) is 0 Å². The smallest absolute Gasteiger partial charge is 0.0805 e. The quantitative estimate of drug-likeness (QED) is 0.169. The summed E-state index contributed by atoms with van der Waals surface area (Å²) in [6.07, 6.45) is 9.59. The third-order valence-corrected chi connectivity index (χ3v) is 16.5. The van der Waals surface area contributed by atoms with Gasteiger partial charge in [-0.15, -0.1) is 0 Å². The largest absolute Gasteiger partial charge is 0.176 e. The first kappa shape index (κ1) is 42.1. The van der Waals surface area contributed by atoms with Gasteiger partial charge in [0.05, 0.1) is 0 Å². The molecule has 0 aromatic heterocycles. The van der Waals surface area contributed by atoms with Crippen LogP contribution in [0.15, 0.2) is 77.5 Å². The molecule has 1 aliphatic rings. The summed E-state index contributed by atoms with van der Waals surface area (Å²) in [6, 6.07) is 23.6. The molecule has 1 heteroatoms. The number of hydrogen-bond donors (Lipinski definition) is 0. The van der Waals surface area contributed by atoms with Crippen LogP contribution < -0.4 is 15.6 Å². The van der Waals surface area contributed by atoms with E-state index < -0.39 is 8.07 Å². The van der Waals surface area contributed by atoms with Gasteiger partial charge < -0.3 is 0 Å². The summed E-state index contributed by atoms with van der Waals surface area (Å²) >= 11 is 0. The van der Waals surface area contributed by atoms with Gasteiger partial charge in [-0.2, -0.15) is 0 Å². The van der Waals surface area contributed by atoms with Crippen LogP contribution in [-0.4, -0.2) is 8.07 Å². The summed E-state index contributed by atoms with van der Waals surface area (Å²) in [5, 5.41) is 6.35. The number of hydrogen-bond acceptors (Lipinski definition) is 0. The van der Waals surface area contributed by atoms with E-state index in [0.29, 0.717) is 0 Å². The first-order chi connectivity index (χ1) is 23.5. The highest BCUT2D eigenvalue weighted by molar-refractivity contribution is 7.16. The lowest BCUT2D eigenvalue weighted by Crippen LogP contribution is -2.69. The Morgan fingerprint density at radius 2 is 0.692 bits per heavy atom. The van der Waals surface area contributed by atoms with Crippen molar-refractivity contribution >= 4 is 23.6 Å². The van der Waals surface area contributed by atoms with E-state index in [9.17, 15) is 0 Å². The maximum Gasteiger partial charge on any atom is 0.176 e. The Labute approximate surface area is 323 Å². The fourth-order valence-corrected chi connectivity index (χ4v) is 13.1. The van der Waals surface area contributed by atoms with Crippen molar-refractivity contribution in [2.24, 2.45) is 0 Å². The molecule has 0 heterocycles. The van der Waals surface area contributed by atoms with Crippen molar-refractivity contribution < 1.29 is 0 Å². The van der Waals surface area contributed by atoms with E-state index >= 15 is 0 Å². The van der Waals surface area contributed by atoms with Gasteiger partial charge in [0.2, 0.25) is 0 Å². The van der Waals surface area contributed by atoms with Gasteiger partial charge in [-0.3, -0.25) is 0 Å². The molecule has 52 heavy (non-hydrogen) atoms. The number of rotatable bonds is 7. The highest BCUT2D eigenvalue weighted by atomic mass is 28.3. The number of unbranched alkanes of at least 4 members (excludes halogenated alkanes) is 1. The zero-order valence-electron chi connectivity index (χ0n) is 37.2. The van der Waals surface area contributed by atoms with Crippen molar-refractivity contribution in [1.29, 1.82) is 0 Å². The minimum Gasteiger partial charge on any atom is -0.0805 e. The predicted molar refractivity (Wildman–Crippen MR) is 236 cm³/mol. The lowest BCUT2D eigenvalue weighted by Gasteiger charge is -2.41. The van der Waals surface area contributed by atoms with Crippen LogP contribution in [0.5, 0.6) is 0 Å². The Hall–Kier alpha value is -2.64. The lowest BCUT2D eigenvalue weighted by atomic mass is 9.80. The molecule has 0 unspecified atom stereocenters. The molecular formula is C51H76Si. The molecule has 3 aromatic rings. The first-order valence-electron chi connectivity index (χ1n) is 20.4. The third kappa shape index (κ3) is 8.83. The molecule has 0 fully saturated rings. The fraction of sp³-hybridized carbons (Fsp3) is 0.569. The number of benzene rings is 3. The van der Waals surface area contributed by atoms with E-state index in [2.05, 4.69) is 198 Å². The van der Waals surface area contributed by atoms with Gasteiger partial charge in [0, 0.05) is 0 Å². The summed E-state index contributed by atoms with van der Waals surface area (Å²) in [7, 11) is -2.95. The van der Waals surface area contributed by atoms with Crippen LogP contribution in [0.3, 0.4) is 0 Å². The van der Waals surface area contributed by atoms with Crippen molar-refractivity contribution in [2.75, 3.05) is 0 Å². The Morgan fingerprint density at radius 1 is 0.423 bits per heavy atom. The van der Waals surface area contributed by atoms with E-state index in [1.807, 2.05) is 0 Å². The Bertz CT molecular complexity index is 1540. The molecule has 0 atom stereocenters. The highest BCUT2D eigenvalue weighted by Crippen LogP contribution is 2.38. The minimum absolute atomic E-state index is 0.0111. The molecule has 0 saturated heterocycles. The van der Waals surface area contributed by atoms with Gasteiger partial charge in [-0.1, -0.05) is 215 Å². The highest BCUT2D eigenvalue weighted by Gasteiger charge is 2.47. The Balaban J connectivity index is 2.48. The van der Waals surface area contributed by atoms with Crippen LogP contribution in [0.1, 0.15) is 191 Å². The van der Waals surface area contributed by atoms with Crippen molar-refractivity contribution in [2.45, 2.75) is 190 Å². The van der Waals surface area contributed by atoms with E-state index in [0.717, 1.165) is 12.8 Å². The molecule has 0 amide bonds. The maximum absolute atomic E-state index is 2.95. The molecule has 1 aliphatic carbocycles. The Kier molecular flexibility index (Phi) is 11.5. The molecule has 0 saturated carbocycles. The minimum atomic E-state index is -2.95. The second-order valence-electron chi connectivity index (χ2n) is 22.4. The standard InChI is InChI=1S/C51H76Si/c1-20-21-23-35-24-22-25-45(35)52(42-29-36(46(2,3)4)26-37(30-42)47(5,6)7,43-31-38(48(8,9)10)27-39(32-43)49(11,12)13)44-33-40(50(14,15)16)28-41(34-44)51(17,18)19/h22,24,26-34H,20-21,23,25H2,1-19H3. The van der Waals surface area contributed by atoms with Gasteiger partial charge in [0.25, 0.3) is 0 Å². The van der Waals surface area contributed by atoms with Gasteiger partial charge in [0.1, 0.15) is 0 Å². The topological polar surface area (TPSA) is 0 Å². The molecule has 0 radical (unpaired) electrons. The second kappa shape index (κ2) is 14.2. The maximum atomic E-state index is 2.67. The molecule has 3 aromatic carbocycles. The van der Waals surface area contributed by atoms with Crippen LogP contribution in [0.2, 0.25) is 0 Å². The average Bonchev–Trinajstić information content (AvgIpc) is 3.46. The summed E-state index contributed by atoms with van der Waals surface area (Å²) < 4.78 is 0. The van der Waals surface area contributed by atoms with Crippen molar-refractivity contribution in [3.63, 3.8) is 0 Å². The molecule has 4 rings (SSSR count). The molecule has 0 N–H and O–H groups in total. The normalized spacial score (nSPS) is 15.2. The van der Waals surface area contributed by atoms with Crippen molar-refractivity contribution in [3.05, 3.63) is 111 Å². The zero-order valence-corrected chi connectivity index (χ0v) is 38.2.